The van der Waals surface area contributed by atoms with Crippen LogP contribution in [0.4, 0.5) is 4.39 Å². The Labute approximate surface area is 122 Å². The first kappa shape index (κ1) is 15.5. The van der Waals surface area contributed by atoms with Gasteiger partial charge in [0.2, 0.25) is 11.7 Å². The Morgan fingerprint density at radius 2 is 2.29 bits per heavy atom. The van der Waals surface area contributed by atoms with Gasteiger partial charge in [-0.25, -0.2) is 9.37 Å². The average molecular weight is 294 g/mol. The summed E-state index contributed by atoms with van der Waals surface area (Å²) in [6.45, 7) is 3.56. The van der Waals surface area contributed by atoms with Crippen molar-refractivity contribution < 1.29 is 13.7 Å². The topological polar surface area (TPSA) is 73.1 Å². The first-order chi connectivity index (χ1) is 10.2. The van der Waals surface area contributed by atoms with Gasteiger partial charge in [0.15, 0.2) is 0 Å². The molecule has 7 heteroatoms. The van der Waals surface area contributed by atoms with Crippen molar-refractivity contribution in [3.05, 3.63) is 30.0 Å². The second-order valence-corrected chi connectivity index (χ2v) is 4.68. The highest BCUT2D eigenvalue weighted by atomic mass is 19.1. The largest absolute Gasteiger partial charge is 0.383 e. The van der Waals surface area contributed by atoms with E-state index in [-0.39, 0.29) is 6.04 Å². The number of hydrogen-bond acceptors (Lipinski definition) is 6. The minimum Gasteiger partial charge on any atom is -0.383 e. The third kappa shape index (κ3) is 4.57. The van der Waals surface area contributed by atoms with Gasteiger partial charge in [-0.05, 0) is 25.1 Å². The first-order valence-corrected chi connectivity index (χ1v) is 6.89. The molecule has 2 aromatic heterocycles. The van der Waals surface area contributed by atoms with Gasteiger partial charge in [-0.15, -0.1) is 0 Å². The molecule has 0 amide bonds. The van der Waals surface area contributed by atoms with Crippen LogP contribution >= 0.6 is 0 Å². The molecule has 0 spiro atoms. The van der Waals surface area contributed by atoms with Crippen LogP contribution in [-0.4, -0.2) is 41.4 Å². The smallest absolute Gasteiger partial charge is 0.228 e. The van der Waals surface area contributed by atoms with Gasteiger partial charge in [0.1, 0.15) is 11.5 Å². The fraction of sp³-hybridized carbons (Fsp3) is 0.500. The molecular weight excluding hydrogens is 275 g/mol. The molecule has 0 aromatic carbocycles. The monoisotopic (exact) mass is 294 g/mol. The summed E-state index contributed by atoms with van der Waals surface area (Å²) in [5.41, 5.74) is 0.483. The van der Waals surface area contributed by atoms with Crippen molar-refractivity contribution in [1.82, 2.24) is 20.4 Å². The number of hydrogen-bond donors (Lipinski definition) is 1. The zero-order valence-electron chi connectivity index (χ0n) is 12.2. The molecule has 2 aromatic rings. The highest BCUT2D eigenvalue weighted by Gasteiger charge is 2.15. The van der Waals surface area contributed by atoms with Crippen molar-refractivity contribution in [3.63, 3.8) is 0 Å². The third-order valence-electron chi connectivity index (χ3n) is 2.90. The molecular formula is C14H19FN4O2. The van der Waals surface area contributed by atoms with E-state index < -0.39 is 5.82 Å². The zero-order chi connectivity index (χ0) is 15.1. The van der Waals surface area contributed by atoms with Gasteiger partial charge >= 0.3 is 0 Å². The van der Waals surface area contributed by atoms with Crippen LogP contribution in [0, 0.1) is 5.82 Å². The number of methoxy groups -OCH3 is 1. The standard InChI is InChI=1S/C14H19FN4O2/c1-3-6-16-11(9-20-2)7-13-18-14(19-21-13)12-5-4-10(15)8-17-12/h4-5,8,11,16H,3,6-7,9H2,1-2H3. The van der Waals surface area contributed by atoms with E-state index in [2.05, 4.69) is 27.4 Å². The second-order valence-electron chi connectivity index (χ2n) is 4.68. The van der Waals surface area contributed by atoms with Crippen LogP contribution in [0.2, 0.25) is 0 Å². The second kappa shape index (κ2) is 7.80. The van der Waals surface area contributed by atoms with Gasteiger partial charge in [0.05, 0.1) is 12.8 Å². The lowest BCUT2D eigenvalue weighted by Gasteiger charge is -2.15. The van der Waals surface area contributed by atoms with Gasteiger partial charge in [-0.3, -0.25) is 0 Å². The number of nitrogens with zero attached hydrogens (tertiary/aromatic N) is 3. The van der Waals surface area contributed by atoms with E-state index in [1.54, 1.807) is 7.11 Å². The minimum atomic E-state index is -0.397. The molecule has 0 aliphatic heterocycles. The molecule has 2 heterocycles. The fourth-order valence-electron chi connectivity index (χ4n) is 1.90. The maximum Gasteiger partial charge on any atom is 0.228 e. The van der Waals surface area contributed by atoms with E-state index in [4.69, 9.17) is 9.26 Å². The van der Waals surface area contributed by atoms with Gasteiger partial charge in [0.25, 0.3) is 0 Å². The summed E-state index contributed by atoms with van der Waals surface area (Å²) in [5, 5.41) is 7.23. The lowest BCUT2D eigenvalue weighted by Crippen LogP contribution is -2.35. The molecule has 1 atom stereocenters. The Morgan fingerprint density at radius 3 is 2.95 bits per heavy atom. The van der Waals surface area contributed by atoms with Crippen LogP contribution in [0.5, 0.6) is 0 Å². The maximum absolute atomic E-state index is 12.8. The van der Waals surface area contributed by atoms with Crippen molar-refractivity contribution in [3.8, 4) is 11.5 Å². The van der Waals surface area contributed by atoms with Crippen LogP contribution in [0.25, 0.3) is 11.5 Å². The van der Waals surface area contributed by atoms with Crippen LogP contribution in [0.1, 0.15) is 19.2 Å². The molecule has 114 valence electrons. The van der Waals surface area contributed by atoms with E-state index in [1.165, 1.54) is 12.1 Å². The van der Waals surface area contributed by atoms with Crippen molar-refractivity contribution in [2.24, 2.45) is 0 Å². The Balaban J connectivity index is 2.02. The van der Waals surface area contributed by atoms with Crippen molar-refractivity contribution in [2.45, 2.75) is 25.8 Å². The molecule has 0 fully saturated rings. The highest BCUT2D eigenvalue weighted by Crippen LogP contribution is 2.13. The number of rotatable bonds is 8. The predicted molar refractivity (Wildman–Crippen MR) is 75.1 cm³/mol. The minimum absolute atomic E-state index is 0.115. The molecule has 0 bridgehead atoms. The fourth-order valence-corrected chi connectivity index (χ4v) is 1.90. The number of aromatic nitrogens is 3. The molecule has 0 saturated heterocycles. The quantitative estimate of drug-likeness (QED) is 0.800. The summed E-state index contributed by atoms with van der Waals surface area (Å²) in [7, 11) is 1.66. The van der Waals surface area contributed by atoms with E-state index in [0.29, 0.717) is 30.4 Å². The van der Waals surface area contributed by atoms with Gasteiger partial charge in [-0.2, -0.15) is 4.98 Å². The van der Waals surface area contributed by atoms with E-state index >= 15 is 0 Å². The Bertz CT molecular complexity index is 544. The molecule has 0 aliphatic carbocycles. The predicted octanol–water partition coefficient (Wildman–Crippen LogP) is 1.83. The van der Waals surface area contributed by atoms with Gasteiger partial charge in [-0.1, -0.05) is 12.1 Å². The Kier molecular flexibility index (Phi) is 5.77. The number of pyridine rings is 1. The summed E-state index contributed by atoms with van der Waals surface area (Å²) < 4.78 is 23.2. The summed E-state index contributed by atoms with van der Waals surface area (Å²) in [6.07, 6.45) is 2.73. The van der Waals surface area contributed by atoms with Crippen molar-refractivity contribution in [1.29, 1.82) is 0 Å². The van der Waals surface area contributed by atoms with E-state index in [9.17, 15) is 4.39 Å². The first-order valence-electron chi connectivity index (χ1n) is 6.89. The highest BCUT2D eigenvalue weighted by molar-refractivity contribution is 5.47. The molecule has 21 heavy (non-hydrogen) atoms. The molecule has 0 aliphatic rings. The molecule has 2 rings (SSSR count). The van der Waals surface area contributed by atoms with Gasteiger partial charge in [0, 0.05) is 19.6 Å². The summed E-state index contributed by atoms with van der Waals surface area (Å²) >= 11 is 0. The van der Waals surface area contributed by atoms with Crippen LogP contribution < -0.4 is 5.32 Å². The average Bonchev–Trinajstić information content (AvgIpc) is 2.94. The molecule has 0 saturated carbocycles. The normalized spacial score (nSPS) is 12.5. The van der Waals surface area contributed by atoms with Crippen LogP contribution in [-0.2, 0) is 11.2 Å². The summed E-state index contributed by atoms with van der Waals surface area (Å²) in [5.74, 6) is 0.463. The number of halogens is 1. The van der Waals surface area contributed by atoms with Crippen LogP contribution in [0.15, 0.2) is 22.9 Å². The lowest BCUT2D eigenvalue weighted by molar-refractivity contribution is 0.161. The SMILES string of the molecule is CCCNC(COC)Cc1nc(-c2ccc(F)cn2)no1. The number of ether oxygens (including phenoxy) is 1. The van der Waals surface area contributed by atoms with Crippen LogP contribution in [0.3, 0.4) is 0 Å². The zero-order valence-corrected chi connectivity index (χ0v) is 12.2. The summed E-state index contributed by atoms with van der Waals surface area (Å²) in [4.78, 5) is 8.21. The van der Waals surface area contributed by atoms with Gasteiger partial charge < -0.3 is 14.6 Å². The molecule has 0 radical (unpaired) electrons. The van der Waals surface area contributed by atoms with E-state index in [1.807, 2.05) is 0 Å². The Morgan fingerprint density at radius 1 is 1.43 bits per heavy atom. The molecule has 1 N–H and O–H groups in total. The number of nitrogens with one attached hydrogen (secondary N) is 1. The van der Waals surface area contributed by atoms with Crippen molar-refractivity contribution >= 4 is 0 Å². The molecule has 6 nitrogen and oxygen atoms in total. The molecule has 1 unspecified atom stereocenters. The van der Waals surface area contributed by atoms with E-state index in [0.717, 1.165) is 19.2 Å². The Hall–Kier alpha value is -1.86. The lowest BCUT2D eigenvalue weighted by atomic mass is 10.2. The maximum atomic E-state index is 12.8. The van der Waals surface area contributed by atoms with Crippen molar-refractivity contribution in [2.75, 3.05) is 20.3 Å². The third-order valence-corrected chi connectivity index (χ3v) is 2.90. The summed E-state index contributed by atoms with van der Waals surface area (Å²) in [6, 6.07) is 2.95.